The van der Waals surface area contributed by atoms with Gasteiger partial charge in [0.2, 0.25) is 6.79 Å². The second kappa shape index (κ2) is 7.76. The summed E-state index contributed by atoms with van der Waals surface area (Å²) in [6.45, 7) is 1.07. The summed E-state index contributed by atoms with van der Waals surface area (Å²) in [5.74, 6) is 1.50. The van der Waals surface area contributed by atoms with Crippen molar-refractivity contribution in [3.05, 3.63) is 94.7 Å². The number of hydrogen-bond donors (Lipinski definition) is 0. The monoisotopic (exact) mass is 419 g/mol. The first-order valence-corrected chi connectivity index (χ1v) is 9.94. The minimum Gasteiger partial charge on any atom is -0.454 e. The number of benzene rings is 3. The van der Waals surface area contributed by atoms with Gasteiger partial charge in [-0.1, -0.05) is 48.0 Å². The van der Waals surface area contributed by atoms with Gasteiger partial charge in [-0.3, -0.25) is 4.79 Å². The zero-order valence-corrected chi connectivity index (χ0v) is 16.8. The third-order valence-corrected chi connectivity index (χ3v) is 5.24. The molecule has 0 bridgehead atoms. The van der Waals surface area contributed by atoms with Gasteiger partial charge in [0.1, 0.15) is 5.58 Å². The van der Waals surface area contributed by atoms with Gasteiger partial charge in [0.15, 0.2) is 17.3 Å². The Morgan fingerprint density at radius 3 is 2.53 bits per heavy atom. The van der Waals surface area contributed by atoms with Crippen LogP contribution in [0, 0.1) is 0 Å². The molecule has 30 heavy (non-hydrogen) atoms. The zero-order chi connectivity index (χ0) is 20.5. The quantitative estimate of drug-likeness (QED) is 0.419. The first kappa shape index (κ1) is 18.6. The topological polar surface area (TPSA) is 51.9 Å². The molecule has 5 nitrogen and oxygen atoms in total. The highest BCUT2D eigenvalue weighted by atomic mass is 35.5. The van der Waals surface area contributed by atoms with Crippen LogP contribution >= 0.6 is 11.6 Å². The standard InChI is InChI=1S/C24H18ClNO4/c25-19-7-9-20-18(11-19)12-23(30-20)24(27)26(13-16-4-2-1-3-5-16)14-17-6-8-21-22(10-17)29-15-28-21/h1-12H,13-15H2. The predicted octanol–water partition coefficient (Wildman–Crippen LogP) is 5.66. The zero-order valence-electron chi connectivity index (χ0n) is 16.0. The molecule has 6 heteroatoms. The fraction of sp³-hybridized carbons (Fsp3) is 0.125. The van der Waals surface area contributed by atoms with Crippen LogP contribution in [0.3, 0.4) is 0 Å². The molecule has 0 unspecified atom stereocenters. The molecule has 0 saturated heterocycles. The van der Waals surface area contributed by atoms with Gasteiger partial charge in [-0.15, -0.1) is 0 Å². The van der Waals surface area contributed by atoms with Crippen LogP contribution in [0.5, 0.6) is 11.5 Å². The number of carbonyl (C=O) groups excluding carboxylic acids is 1. The van der Waals surface area contributed by atoms with Crippen LogP contribution in [0.4, 0.5) is 0 Å². The fourth-order valence-corrected chi connectivity index (χ4v) is 3.72. The van der Waals surface area contributed by atoms with E-state index < -0.39 is 0 Å². The van der Waals surface area contributed by atoms with Gasteiger partial charge in [-0.25, -0.2) is 0 Å². The van der Waals surface area contributed by atoms with E-state index in [1.807, 2.05) is 48.5 Å². The third-order valence-electron chi connectivity index (χ3n) is 5.00. The van der Waals surface area contributed by atoms with E-state index in [1.165, 1.54) is 0 Å². The van der Waals surface area contributed by atoms with Crippen LogP contribution in [0.15, 0.2) is 77.2 Å². The molecule has 0 N–H and O–H groups in total. The minimum atomic E-state index is -0.191. The van der Waals surface area contributed by atoms with Crippen LogP contribution in [0.1, 0.15) is 21.7 Å². The smallest absolute Gasteiger partial charge is 0.290 e. The van der Waals surface area contributed by atoms with Crippen LogP contribution < -0.4 is 9.47 Å². The summed E-state index contributed by atoms with van der Waals surface area (Å²) in [4.78, 5) is 15.1. The number of fused-ring (bicyclic) bond motifs is 2. The van der Waals surface area contributed by atoms with E-state index in [9.17, 15) is 4.79 Å². The van der Waals surface area contributed by atoms with Crippen molar-refractivity contribution in [3.63, 3.8) is 0 Å². The van der Waals surface area contributed by atoms with E-state index in [2.05, 4.69) is 0 Å². The average molecular weight is 420 g/mol. The number of halogens is 1. The summed E-state index contributed by atoms with van der Waals surface area (Å²) in [7, 11) is 0. The Balaban J connectivity index is 1.47. The maximum Gasteiger partial charge on any atom is 0.290 e. The summed E-state index contributed by atoms with van der Waals surface area (Å²) < 4.78 is 16.7. The molecule has 0 radical (unpaired) electrons. The van der Waals surface area contributed by atoms with Crippen LogP contribution in [0.25, 0.3) is 11.0 Å². The van der Waals surface area contributed by atoms with Crippen molar-refractivity contribution in [1.29, 1.82) is 0 Å². The fourth-order valence-electron chi connectivity index (χ4n) is 3.54. The number of furan rings is 1. The van der Waals surface area contributed by atoms with Crippen molar-refractivity contribution in [3.8, 4) is 11.5 Å². The molecule has 5 rings (SSSR count). The molecule has 150 valence electrons. The highest BCUT2D eigenvalue weighted by Gasteiger charge is 2.22. The van der Waals surface area contributed by atoms with E-state index in [0.717, 1.165) is 16.5 Å². The highest BCUT2D eigenvalue weighted by Crippen LogP contribution is 2.33. The maximum atomic E-state index is 13.4. The number of ether oxygens (including phenoxy) is 2. The molecular weight excluding hydrogens is 402 g/mol. The van der Waals surface area contributed by atoms with Gasteiger partial charge >= 0.3 is 0 Å². The lowest BCUT2D eigenvalue weighted by molar-refractivity contribution is 0.0700. The Morgan fingerprint density at radius 1 is 0.867 bits per heavy atom. The van der Waals surface area contributed by atoms with E-state index in [0.29, 0.717) is 35.2 Å². The lowest BCUT2D eigenvalue weighted by atomic mass is 10.1. The molecule has 4 aromatic rings. The third kappa shape index (κ3) is 3.72. The molecule has 1 aromatic heterocycles. The van der Waals surface area contributed by atoms with Crippen molar-refractivity contribution in [2.24, 2.45) is 0 Å². The lowest BCUT2D eigenvalue weighted by Gasteiger charge is -2.22. The molecule has 0 atom stereocenters. The lowest BCUT2D eigenvalue weighted by Crippen LogP contribution is -2.29. The number of nitrogens with zero attached hydrogens (tertiary/aromatic N) is 1. The number of carbonyl (C=O) groups is 1. The molecule has 3 aromatic carbocycles. The van der Waals surface area contributed by atoms with E-state index in [4.69, 9.17) is 25.5 Å². The average Bonchev–Trinajstić information content (AvgIpc) is 3.39. The van der Waals surface area contributed by atoms with E-state index >= 15 is 0 Å². The predicted molar refractivity (Wildman–Crippen MR) is 114 cm³/mol. The van der Waals surface area contributed by atoms with Crippen molar-refractivity contribution in [2.45, 2.75) is 13.1 Å². The minimum absolute atomic E-state index is 0.191. The SMILES string of the molecule is O=C(c1cc2cc(Cl)ccc2o1)N(Cc1ccccc1)Cc1ccc2c(c1)OCO2. The molecule has 2 heterocycles. The van der Waals surface area contributed by atoms with Crippen LogP contribution in [-0.2, 0) is 13.1 Å². The number of rotatable bonds is 5. The van der Waals surface area contributed by atoms with Crippen molar-refractivity contribution in [1.82, 2.24) is 4.90 Å². The maximum absolute atomic E-state index is 13.4. The first-order valence-electron chi connectivity index (χ1n) is 9.56. The molecular formula is C24H18ClNO4. The van der Waals surface area contributed by atoms with Gasteiger partial charge in [-0.05, 0) is 47.5 Å². The normalized spacial score (nSPS) is 12.3. The number of amides is 1. The molecule has 0 aliphatic carbocycles. The summed E-state index contributed by atoms with van der Waals surface area (Å²) in [6, 6.07) is 22.6. The Kier molecular flexibility index (Phi) is 4.81. The molecule has 0 spiro atoms. The Bertz CT molecular complexity index is 1220. The summed E-state index contributed by atoms with van der Waals surface area (Å²) in [5.41, 5.74) is 2.61. The van der Waals surface area contributed by atoms with Crippen molar-refractivity contribution in [2.75, 3.05) is 6.79 Å². The summed E-state index contributed by atoms with van der Waals surface area (Å²) >= 11 is 6.07. The van der Waals surface area contributed by atoms with Crippen LogP contribution in [-0.4, -0.2) is 17.6 Å². The van der Waals surface area contributed by atoms with Gasteiger partial charge < -0.3 is 18.8 Å². The van der Waals surface area contributed by atoms with Crippen molar-refractivity contribution >= 4 is 28.5 Å². The van der Waals surface area contributed by atoms with E-state index in [-0.39, 0.29) is 18.5 Å². The molecule has 1 aliphatic rings. The Morgan fingerprint density at radius 2 is 1.67 bits per heavy atom. The summed E-state index contributed by atoms with van der Waals surface area (Å²) in [5, 5.41) is 1.40. The second-order valence-electron chi connectivity index (χ2n) is 7.13. The molecule has 0 saturated carbocycles. The van der Waals surface area contributed by atoms with Crippen molar-refractivity contribution < 1.29 is 18.7 Å². The molecule has 1 amide bonds. The largest absolute Gasteiger partial charge is 0.454 e. The Hall–Kier alpha value is -3.44. The molecule has 0 fully saturated rings. The number of hydrogen-bond acceptors (Lipinski definition) is 4. The first-order chi connectivity index (χ1) is 14.7. The molecule has 1 aliphatic heterocycles. The Labute approximate surface area is 178 Å². The van der Waals surface area contributed by atoms with Gasteiger partial charge in [-0.2, -0.15) is 0 Å². The summed E-state index contributed by atoms with van der Waals surface area (Å²) in [6.07, 6.45) is 0. The van der Waals surface area contributed by atoms with E-state index in [1.54, 1.807) is 29.2 Å². The van der Waals surface area contributed by atoms with Gasteiger partial charge in [0.05, 0.1) is 0 Å². The van der Waals surface area contributed by atoms with Gasteiger partial charge in [0.25, 0.3) is 5.91 Å². The highest BCUT2D eigenvalue weighted by molar-refractivity contribution is 6.31. The van der Waals surface area contributed by atoms with Crippen LogP contribution in [0.2, 0.25) is 5.02 Å². The second-order valence-corrected chi connectivity index (χ2v) is 7.56. The van der Waals surface area contributed by atoms with Gasteiger partial charge in [0, 0.05) is 23.5 Å².